The number of rotatable bonds is 6. The zero-order chi connectivity index (χ0) is 26.3. The minimum atomic E-state index is -0.837. The summed E-state index contributed by atoms with van der Waals surface area (Å²) in [6.45, 7) is 6.77. The monoisotopic (exact) mass is 506 g/mol. The molecule has 5 rings (SSSR count). The maximum absolute atomic E-state index is 14.4. The molecule has 2 aromatic carbocycles. The first-order valence-corrected chi connectivity index (χ1v) is 12.4. The van der Waals surface area contributed by atoms with E-state index in [4.69, 9.17) is 9.26 Å². The van der Waals surface area contributed by atoms with E-state index in [2.05, 4.69) is 5.16 Å². The Labute approximate surface area is 215 Å². The smallest absolute Gasteiger partial charge is 0.325 e. The van der Waals surface area contributed by atoms with Gasteiger partial charge in [-0.25, -0.2) is 9.18 Å². The number of para-hydroxylation sites is 1. The summed E-state index contributed by atoms with van der Waals surface area (Å²) in [4.78, 5) is 32.7. The Morgan fingerprint density at radius 2 is 1.97 bits per heavy atom. The van der Waals surface area contributed by atoms with E-state index in [0.717, 1.165) is 5.56 Å². The number of carbonyl (C=O) groups excluding carboxylic acids is 2. The van der Waals surface area contributed by atoms with Gasteiger partial charge in [0.1, 0.15) is 17.3 Å². The highest BCUT2D eigenvalue weighted by molar-refractivity contribution is 5.97. The van der Waals surface area contributed by atoms with Crippen LogP contribution in [0.2, 0.25) is 0 Å². The Balaban J connectivity index is 1.63. The summed E-state index contributed by atoms with van der Waals surface area (Å²) in [6, 6.07) is 15.2. The molecule has 3 amide bonds. The van der Waals surface area contributed by atoms with Crippen LogP contribution in [-0.2, 0) is 11.2 Å². The quantitative estimate of drug-likeness (QED) is 0.496. The van der Waals surface area contributed by atoms with Gasteiger partial charge < -0.3 is 19.1 Å². The van der Waals surface area contributed by atoms with Gasteiger partial charge in [-0.05, 0) is 45.0 Å². The van der Waals surface area contributed by atoms with Crippen LogP contribution in [0.25, 0.3) is 0 Å². The molecule has 194 valence electrons. The lowest BCUT2D eigenvalue weighted by Crippen LogP contribution is -2.53. The fraction of sp³-hybridized carbons (Fsp3) is 0.393. The lowest BCUT2D eigenvalue weighted by atomic mass is 9.80. The van der Waals surface area contributed by atoms with Crippen LogP contribution >= 0.6 is 0 Å². The Hall–Kier alpha value is -3.88. The van der Waals surface area contributed by atoms with Crippen LogP contribution in [0.15, 0.2) is 59.1 Å². The number of nitrogens with zero attached hydrogens (tertiary/aromatic N) is 4. The summed E-state index contributed by atoms with van der Waals surface area (Å²) in [6.07, 6.45) is 0.0668. The average molecular weight is 507 g/mol. The van der Waals surface area contributed by atoms with Gasteiger partial charge in [-0.1, -0.05) is 29.4 Å². The molecule has 0 saturated carbocycles. The lowest BCUT2D eigenvalue weighted by molar-refractivity contribution is -0.129. The first-order valence-electron chi connectivity index (χ1n) is 12.4. The number of anilines is 1. The molecular weight excluding hydrogens is 475 g/mol. The molecule has 2 fully saturated rings. The summed E-state index contributed by atoms with van der Waals surface area (Å²) < 4.78 is 25.4. The van der Waals surface area contributed by atoms with Crippen molar-refractivity contribution >= 4 is 17.6 Å². The molecule has 1 aromatic heterocycles. The summed E-state index contributed by atoms with van der Waals surface area (Å²) >= 11 is 0. The normalized spacial score (nSPS) is 21.5. The van der Waals surface area contributed by atoms with E-state index < -0.39 is 11.4 Å². The number of hydrogen-bond donors (Lipinski definition) is 0. The fourth-order valence-corrected chi connectivity index (χ4v) is 5.71. The first-order chi connectivity index (χ1) is 17.7. The van der Waals surface area contributed by atoms with Crippen LogP contribution in [0.4, 0.5) is 14.9 Å². The van der Waals surface area contributed by atoms with Crippen molar-refractivity contribution in [2.24, 2.45) is 0 Å². The number of aryl methyl sites for hydroxylation is 1. The standard InChI is InChI=1S/C28H31FN4O4/c1-18(2)32-17-28(33(27(32)35)21-9-7-8-20(29)13-21)16-31(26(34)14-22-12-19(3)30-37-22)15-24(28)23-10-5-6-11-25(23)36-4/h5-13,18,24H,14-17H2,1-4H3/t24?,28-/m1/s1. The SMILES string of the molecule is COc1ccccc1C1CN(C(=O)Cc2cc(C)no2)C[C@@]12CN(C(C)C)C(=O)N2c1cccc(F)c1. The van der Waals surface area contributed by atoms with Gasteiger partial charge in [0.15, 0.2) is 0 Å². The minimum Gasteiger partial charge on any atom is -0.496 e. The van der Waals surface area contributed by atoms with Crippen LogP contribution in [0.5, 0.6) is 5.75 Å². The lowest BCUT2D eigenvalue weighted by Gasteiger charge is -2.38. The second-order valence-electron chi connectivity index (χ2n) is 10.1. The number of likely N-dealkylation sites (tertiary alicyclic amines) is 1. The summed E-state index contributed by atoms with van der Waals surface area (Å²) in [7, 11) is 1.61. The van der Waals surface area contributed by atoms with Gasteiger partial charge in [-0.2, -0.15) is 0 Å². The third kappa shape index (κ3) is 4.32. The average Bonchev–Trinajstić information content (AvgIpc) is 3.54. The molecule has 2 atom stereocenters. The maximum Gasteiger partial charge on any atom is 0.325 e. The Kier molecular flexibility index (Phi) is 6.39. The third-order valence-electron chi connectivity index (χ3n) is 7.40. The van der Waals surface area contributed by atoms with Crippen molar-refractivity contribution in [2.75, 3.05) is 31.6 Å². The van der Waals surface area contributed by atoms with Crippen molar-refractivity contribution in [2.45, 2.75) is 44.7 Å². The number of methoxy groups -OCH3 is 1. The number of amides is 3. The summed E-state index contributed by atoms with van der Waals surface area (Å²) in [5, 5.41) is 3.89. The van der Waals surface area contributed by atoms with E-state index in [1.807, 2.05) is 45.0 Å². The predicted octanol–water partition coefficient (Wildman–Crippen LogP) is 4.39. The van der Waals surface area contributed by atoms with E-state index in [9.17, 15) is 14.0 Å². The molecule has 2 aliphatic heterocycles. The molecule has 9 heteroatoms. The Morgan fingerprint density at radius 3 is 2.65 bits per heavy atom. The molecule has 1 spiro atoms. The molecule has 0 aliphatic carbocycles. The van der Waals surface area contributed by atoms with Crippen molar-refractivity contribution in [3.05, 3.63) is 77.4 Å². The highest BCUT2D eigenvalue weighted by atomic mass is 19.1. The van der Waals surface area contributed by atoms with Crippen LogP contribution in [-0.4, -0.2) is 65.2 Å². The molecular formula is C28H31FN4O4. The second kappa shape index (κ2) is 9.53. The molecule has 8 nitrogen and oxygen atoms in total. The number of aromatic nitrogens is 1. The Bertz CT molecular complexity index is 1320. The zero-order valence-corrected chi connectivity index (χ0v) is 21.5. The van der Waals surface area contributed by atoms with Gasteiger partial charge in [0.25, 0.3) is 0 Å². The highest BCUT2D eigenvalue weighted by Crippen LogP contribution is 2.49. The van der Waals surface area contributed by atoms with E-state index in [-0.39, 0.29) is 36.9 Å². The molecule has 0 bridgehead atoms. The van der Waals surface area contributed by atoms with Crippen LogP contribution in [0.3, 0.4) is 0 Å². The van der Waals surface area contributed by atoms with Gasteiger partial charge in [-0.15, -0.1) is 0 Å². The van der Waals surface area contributed by atoms with Crippen molar-refractivity contribution in [3.63, 3.8) is 0 Å². The van der Waals surface area contributed by atoms with Gasteiger partial charge in [-0.3, -0.25) is 9.69 Å². The molecule has 1 unspecified atom stereocenters. The second-order valence-corrected chi connectivity index (χ2v) is 10.1. The number of hydrogen-bond acceptors (Lipinski definition) is 5. The van der Waals surface area contributed by atoms with Crippen LogP contribution < -0.4 is 9.64 Å². The van der Waals surface area contributed by atoms with Crippen LogP contribution in [0.1, 0.15) is 36.8 Å². The molecule has 0 radical (unpaired) electrons. The fourth-order valence-electron chi connectivity index (χ4n) is 5.71. The number of urea groups is 1. The molecule has 2 aliphatic rings. The van der Waals surface area contributed by atoms with E-state index in [1.54, 1.807) is 40.0 Å². The van der Waals surface area contributed by atoms with E-state index >= 15 is 0 Å². The maximum atomic E-state index is 14.4. The van der Waals surface area contributed by atoms with Gasteiger partial charge in [0, 0.05) is 48.9 Å². The Morgan fingerprint density at radius 1 is 1.19 bits per heavy atom. The largest absolute Gasteiger partial charge is 0.496 e. The summed E-state index contributed by atoms with van der Waals surface area (Å²) in [5.74, 6) is 0.346. The number of ether oxygens (including phenoxy) is 1. The zero-order valence-electron chi connectivity index (χ0n) is 21.5. The van der Waals surface area contributed by atoms with Crippen molar-refractivity contribution < 1.29 is 23.2 Å². The van der Waals surface area contributed by atoms with Gasteiger partial charge in [0.2, 0.25) is 5.91 Å². The van der Waals surface area contributed by atoms with Crippen molar-refractivity contribution in [1.29, 1.82) is 0 Å². The molecule has 3 heterocycles. The van der Waals surface area contributed by atoms with Gasteiger partial charge in [0.05, 0.1) is 24.8 Å². The summed E-state index contributed by atoms with van der Waals surface area (Å²) in [5.41, 5.74) is 1.24. The van der Waals surface area contributed by atoms with E-state index in [0.29, 0.717) is 36.0 Å². The number of carbonyl (C=O) groups is 2. The molecule has 37 heavy (non-hydrogen) atoms. The number of halogens is 1. The molecule has 3 aromatic rings. The van der Waals surface area contributed by atoms with Crippen molar-refractivity contribution in [3.8, 4) is 5.75 Å². The minimum absolute atomic E-state index is 0.0668. The first kappa shape index (κ1) is 24.8. The van der Waals surface area contributed by atoms with Gasteiger partial charge >= 0.3 is 6.03 Å². The molecule has 2 saturated heterocycles. The predicted molar refractivity (Wildman–Crippen MR) is 136 cm³/mol. The number of benzene rings is 2. The van der Waals surface area contributed by atoms with Crippen LogP contribution in [0, 0.1) is 12.7 Å². The topological polar surface area (TPSA) is 79.1 Å². The van der Waals surface area contributed by atoms with Crippen molar-refractivity contribution in [1.82, 2.24) is 15.0 Å². The third-order valence-corrected chi connectivity index (χ3v) is 7.40. The highest BCUT2D eigenvalue weighted by Gasteiger charge is 2.61. The molecule has 0 N–H and O–H groups in total. The van der Waals surface area contributed by atoms with E-state index in [1.165, 1.54) is 12.1 Å².